The monoisotopic (exact) mass is 309 g/mol. The van der Waals surface area contributed by atoms with Crippen LogP contribution in [0.25, 0.3) is 0 Å². The van der Waals surface area contributed by atoms with Crippen LogP contribution in [0.4, 0.5) is 0 Å². The van der Waals surface area contributed by atoms with Crippen molar-refractivity contribution >= 4 is 11.8 Å². The zero-order valence-corrected chi connectivity index (χ0v) is 14.1. The Morgan fingerprint density at radius 3 is 2.82 bits per heavy atom. The lowest BCUT2D eigenvalue weighted by atomic mass is 9.94. The van der Waals surface area contributed by atoms with Crippen molar-refractivity contribution in [3.8, 4) is 0 Å². The van der Waals surface area contributed by atoms with Crippen molar-refractivity contribution in [2.24, 2.45) is 17.8 Å². The molecule has 3 unspecified atom stereocenters. The molecule has 0 spiro atoms. The Labute approximate surface area is 134 Å². The lowest BCUT2D eigenvalue weighted by molar-refractivity contribution is -0.139. The van der Waals surface area contributed by atoms with Crippen LogP contribution in [-0.2, 0) is 9.59 Å². The smallest absolute Gasteiger partial charge is 0.225 e. The van der Waals surface area contributed by atoms with E-state index in [1.165, 1.54) is 12.8 Å². The van der Waals surface area contributed by atoms with Crippen molar-refractivity contribution in [3.05, 3.63) is 0 Å². The summed E-state index contributed by atoms with van der Waals surface area (Å²) in [7, 11) is 0. The average molecular weight is 309 g/mol. The van der Waals surface area contributed by atoms with Crippen molar-refractivity contribution in [1.82, 2.24) is 15.5 Å². The maximum Gasteiger partial charge on any atom is 0.225 e. The van der Waals surface area contributed by atoms with E-state index < -0.39 is 0 Å². The van der Waals surface area contributed by atoms with Crippen LogP contribution in [0.15, 0.2) is 0 Å². The highest BCUT2D eigenvalue weighted by Gasteiger charge is 2.30. The zero-order chi connectivity index (χ0) is 15.9. The molecule has 0 aromatic heterocycles. The van der Waals surface area contributed by atoms with Gasteiger partial charge >= 0.3 is 0 Å². The number of hydrogen-bond donors (Lipinski definition) is 2. The summed E-state index contributed by atoms with van der Waals surface area (Å²) in [5, 5.41) is 6.48. The molecule has 2 aliphatic rings. The molecule has 2 aliphatic heterocycles. The highest BCUT2D eigenvalue weighted by molar-refractivity contribution is 5.82. The lowest BCUT2D eigenvalue weighted by Gasteiger charge is -2.34. The summed E-state index contributed by atoms with van der Waals surface area (Å²) in [5.74, 6) is 0.927. The van der Waals surface area contributed by atoms with Gasteiger partial charge in [0.1, 0.15) is 0 Å². The molecule has 2 N–H and O–H groups in total. The van der Waals surface area contributed by atoms with E-state index in [4.69, 9.17) is 0 Å². The fourth-order valence-corrected chi connectivity index (χ4v) is 3.37. The Morgan fingerprint density at radius 1 is 1.32 bits per heavy atom. The number of amides is 2. The quantitative estimate of drug-likeness (QED) is 0.807. The average Bonchev–Trinajstić information content (AvgIpc) is 2.59. The van der Waals surface area contributed by atoms with E-state index in [2.05, 4.69) is 10.6 Å². The Morgan fingerprint density at radius 2 is 2.14 bits per heavy atom. The van der Waals surface area contributed by atoms with Crippen LogP contribution in [0.5, 0.6) is 0 Å². The molecule has 0 aromatic rings. The Hall–Kier alpha value is -1.10. The van der Waals surface area contributed by atoms with Crippen LogP contribution in [0.2, 0.25) is 0 Å². The molecule has 2 fully saturated rings. The van der Waals surface area contributed by atoms with E-state index in [-0.39, 0.29) is 23.7 Å². The molecule has 22 heavy (non-hydrogen) atoms. The van der Waals surface area contributed by atoms with E-state index in [1.54, 1.807) is 0 Å². The van der Waals surface area contributed by atoms with Gasteiger partial charge in [-0.1, -0.05) is 13.8 Å². The molecular formula is C17H31N3O2. The number of carbonyl (C=O) groups excluding carboxylic acids is 2. The van der Waals surface area contributed by atoms with Crippen molar-refractivity contribution in [2.45, 2.75) is 46.0 Å². The van der Waals surface area contributed by atoms with Crippen LogP contribution < -0.4 is 10.6 Å². The predicted molar refractivity (Wildman–Crippen MR) is 87.4 cm³/mol. The summed E-state index contributed by atoms with van der Waals surface area (Å²) in [6, 6.07) is 0. The Kier molecular flexibility index (Phi) is 6.68. The number of hydrogen-bond acceptors (Lipinski definition) is 3. The second-order valence-electron chi connectivity index (χ2n) is 6.89. The second-order valence-corrected chi connectivity index (χ2v) is 6.89. The first-order valence-corrected chi connectivity index (χ1v) is 8.89. The summed E-state index contributed by atoms with van der Waals surface area (Å²) in [4.78, 5) is 26.6. The molecule has 0 radical (unpaired) electrons. The third kappa shape index (κ3) is 4.70. The van der Waals surface area contributed by atoms with Gasteiger partial charge in [0.05, 0.1) is 5.92 Å². The zero-order valence-electron chi connectivity index (χ0n) is 14.1. The first-order valence-electron chi connectivity index (χ1n) is 8.89. The summed E-state index contributed by atoms with van der Waals surface area (Å²) >= 11 is 0. The maximum atomic E-state index is 12.4. The molecule has 0 bridgehead atoms. The number of nitrogens with one attached hydrogen (secondary N) is 2. The van der Waals surface area contributed by atoms with Gasteiger partial charge < -0.3 is 15.5 Å². The maximum absolute atomic E-state index is 12.4. The van der Waals surface area contributed by atoms with Gasteiger partial charge in [-0.15, -0.1) is 0 Å². The van der Waals surface area contributed by atoms with E-state index in [0.717, 1.165) is 45.4 Å². The molecule has 0 aromatic carbocycles. The molecule has 2 saturated heterocycles. The first-order chi connectivity index (χ1) is 10.6. The highest BCUT2D eigenvalue weighted by Crippen LogP contribution is 2.19. The minimum absolute atomic E-state index is 0.0293. The number of nitrogens with zero attached hydrogens (tertiary/aromatic N) is 1. The molecule has 0 aliphatic carbocycles. The minimum Gasteiger partial charge on any atom is -0.355 e. The topological polar surface area (TPSA) is 61.4 Å². The van der Waals surface area contributed by atoms with Crippen LogP contribution in [-0.4, -0.2) is 49.4 Å². The van der Waals surface area contributed by atoms with E-state index >= 15 is 0 Å². The minimum atomic E-state index is -0.0293. The van der Waals surface area contributed by atoms with Crippen molar-refractivity contribution in [3.63, 3.8) is 0 Å². The van der Waals surface area contributed by atoms with Crippen LogP contribution >= 0.6 is 0 Å². The summed E-state index contributed by atoms with van der Waals surface area (Å²) in [6.45, 7) is 8.28. The van der Waals surface area contributed by atoms with Gasteiger partial charge in [-0.2, -0.15) is 0 Å². The second kappa shape index (κ2) is 8.51. The van der Waals surface area contributed by atoms with Crippen molar-refractivity contribution in [2.75, 3.05) is 32.7 Å². The molecule has 2 rings (SSSR count). The van der Waals surface area contributed by atoms with Crippen LogP contribution in [0, 0.1) is 17.8 Å². The largest absolute Gasteiger partial charge is 0.355 e. The molecule has 5 nitrogen and oxygen atoms in total. The first kappa shape index (κ1) is 17.3. The standard InChI is InChI=1S/C17H31N3O2/c1-3-13(2)17(22)20-9-5-7-15(12-20)16(21)19-11-14-6-4-8-18-10-14/h13-15,18H,3-12H2,1-2H3,(H,19,21). The van der Waals surface area contributed by atoms with Gasteiger partial charge in [0.15, 0.2) is 0 Å². The molecule has 3 atom stereocenters. The van der Waals surface area contributed by atoms with Crippen molar-refractivity contribution < 1.29 is 9.59 Å². The van der Waals surface area contributed by atoms with Crippen LogP contribution in [0.3, 0.4) is 0 Å². The van der Waals surface area contributed by atoms with Gasteiger partial charge in [0, 0.05) is 25.6 Å². The fraction of sp³-hybridized carbons (Fsp3) is 0.882. The van der Waals surface area contributed by atoms with Gasteiger partial charge in [0.2, 0.25) is 11.8 Å². The fourth-order valence-electron chi connectivity index (χ4n) is 3.37. The van der Waals surface area contributed by atoms with E-state index in [1.807, 2.05) is 18.7 Å². The van der Waals surface area contributed by atoms with E-state index in [0.29, 0.717) is 12.5 Å². The summed E-state index contributed by atoms with van der Waals surface area (Å²) in [5.41, 5.74) is 0. The summed E-state index contributed by atoms with van der Waals surface area (Å²) < 4.78 is 0. The highest BCUT2D eigenvalue weighted by atomic mass is 16.2. The third-order valence-electron chi connectivity index (χ3n) is 5.10. The van der Waals surface area contributed by atoms with Crippen molar-refractivity contribution in [1.29, 1.82) is 0 Å². The molecule has 0 saturated carbocycles. The molecule has 2 heterocycles. The molecular weight excluding hydrogens is 278 g/mol. The number of likely N-dealkylation sites (tertiary alicyclic amines) is 1. The third-order valence-corrected chi connectivity index (χ3v) is 5.10. The van der Waals surface area contributed by atoms with E-state index in [9.17, 15) is 9.59 Å². The SMILES string of the molecule is CCC(C)C(=O)N1CCCC(C(=O)NCC2CCCNC2)C1. The lowest BCUT2D eigenvalue weighted by Crippen LogP contribution is -2.48. The number of piperidine rings is 2. The molecule has 2 amide bonds. The predicted octanol–water partition coefficient (Wildman–Crippen LogP) is 1.39. The normalized spacial score (nSPS) is 27.3. The van der Waals surface area contributed by atoms with Crippen LogP contribution in [0.1, 0.15) is 46.0 Å². The Bertz CT molecular complexity index is 380. The molecule has 126 valence electrons. The van der Waals surface area contributed by atoms with Gasteiger partial charge in [-0.25, -0.2) is 0 Å². The number of carbonyl (C=O) groups is 2. The summed E-state index contributed by atoms with van der Waals surface area (Å²) in [6.07, 6.45) is 5.09. The Balaban J connectivity index is 1.78. The van der Waals surface area contributed by atoms with Gasteiger partial charge in [0.25, 0.3) is 0 Å². The number of rotatable bonds is 5. The van der Waals surface area contributed by atoms with Gasteiger partial charge in [-0.3, -0.25) is 9.59 Å². The van der Waals surface area contributed by atoms with Gasteiger partial charge in [-0.05, 0) is 51.1 Å². The molecule has 5 heteroatoms.